The fraction of sp³-hybridized carbons (Fsp3) is 0.571. The van der Waals surface area contributed by atoms with Crippen LogP contribution in [0.3, 0.4) is 0 Å². The highest BCUT2D eigenvalue weighted by Gasteiger charge is 2.21. The lowest BCUT2D eigenvalue weighted by atomic mass is 10.0. The predicted octanol–water partition coefficient (Wildman–Crippen LogP) is 3.17. The van der Waals surface area contributed by atoms with Crippen molar-refractivity contribution in [3.63, 3.8) is 0 Å². The molecule has 170 valence electrons. The number of nitrogens with zero attached hydrogens (tertiary/aromatic N) is 4. The summed E-state index contributed by atoms with van der Waals surface area (Å²) in [6.07, 6.45) is 2.65. The highest BCUT2D eigenvalue weighted by molar-refractivity contribution is 5.80. The molecule has 0 spiro atoms. The summed E-state index contributed by atoms with van der Waals surface area (Å²) in [7, 11) is 1.74. The monoisotopic (exact) mass is 436 g/mol. The lowest BCUT2D eigenvalue weighted by molar-refractivity contribution is -0.0498. The van der Waals surface area contributed by atoms with E-state index in [4.69, 9.17) is 4.52 Å². The Labute approximate surface area is 181 Å². The average molecular weight is 437 g/mol. The van der Waals surface area contributed by atoms with Crippen LogP contribution in [-0.4, -0.2) is 55.4 Å². The lowest BCUT2D eigenvalue weighted by Crippen LogP contribution is -2.51. The highest BCUT2D eigenvalue weighted by Crippen LogP contribution is 2.23. The van der Waals surface area contributed by atoms with Crippen LogP contribution in [0.2, 0.25) is 0 Å². The molecule has 1 aliphatic rings. The van der Waals surface area contributed by atoms with Crippen LogP contribution in [-0.2, 0) is 6.42 Å². The summed E-state index contributed by atoms with van der Waals surface area (Å²) in [6, 6.07) is 6.97. The van der Waals surface area contributed by atoms with Gasteiger partial charge in [0.1, 0.15) is 5.75 Å². The van der Waals surface area contributed by atoms with Crippen LogP contribution < -0.4 is 20.3 Å². The number of aliphatic imine (C=N–C) groups is 1. The largest absolute Gasteiger partial charge is 0.435 e. The molecule has 10 heteroatoms. The number of ether oxygens (including phenoxy) is 1. The third-order valence-corrected chi connectivity index (χ3v) is 5.04. The van der Waals surface area contributed by atoms with Crippen LogP contribution in [0.1, 0.15) is 44.3 Å². The molecule has 0 amide bonds. The maximum absolute atomic E-state index is 12.3. The van der Waals surface area contributed by atoms with E-state index in [9.17, 15) is 8.78 Å². The molecule has 1 aliphatic heterocycles. The van der Waals surface area contributed by atoms with Gasteiger partial charge < -0.3 is 24.8 Å². The Morgan fingerprint density at radius 1 is 1.32 bits per heavy atom. The van der Waals surface area contributed by atoms with E-state index in [0.29, 0.717) is 24.7 Å². The normalized spacial score (nSPS) is 17.3. The van der Waals surface area contributed by atoms with Crippen molar-refractivity contribution in [2.75, 3.05) is 31.6 Å². The van der Waals surface area contributed by atoms with Gasteiger partial charge >= 0.3 is 6.61 Å². The van der Waals surface area contributed by atoms with Crippen molar-refractivity contribution in [1.29, 1.82) is 0 Å². The minimum Gasteiger partial charge on any atom is -0.435 e. The molecule has 0 saturated carbocycles. The van der Waals surface area contributed by atoms with E-state index >= 15 is 0 Å². The number of nitrogens with one attached hydrogen (secondary N) is 2. The van der Waals surface area contributed by atoms with E-state index in [1.807, 2.05) is 26.0 Å². The van der Waals surface area contributed by atoms with Gasteiger partial charge in [0, 0.05) is 50.7 Å². The van der Waals surface area contributed by atoms with Gasteiger partial charge in [0.2, 0.25) is 5.89 Å². The Hall–Kier alpha value is -2.91. The molecule has 1 unspecified atom stereocenters. The summed E-state index contributed by atoms with van der Waals surface area (Å²) in [4.78, 5) is 10.9. The van der Waals surface area contributed by atoms with Gasteiger partial charge in [-0.25, -0.2) is 0 Å². The van der Waals surface area contributed by atoms with Crippen LogP contribution >= 0.6 is 0 Å². The van der Waals surface area contributed by atoms with Gasteiger partial charge in [0.25, 0.3) is 0 Å². The smallest absolute Gasteiger partial charge is 0.387 e. The Morgan fingerprint density at radius 2 is 2.10 bits per heavy atom. The molecular weight excluding hydrogens is 406 g/mol. The number of halogens is 2. The number of anilines is 1. The van der Waals surface area contributed by atoms with E-state index in [-0.39, 0.29) is 17.7 Å². The first-order valence-corrected chi connectivity index (χ1v) is 10.5. The first-order chi connectivity index (χ1) is 14.9. The fourth-order valence-electron chi connectivity index (χ4n) is 3.45. The van der Waals surface area contributed by atoms with Gasteiger partial charge in [-0.05, 0) is 37.1 Å². The Kier molecular flexibility index (Phi) is 8.02. The second kappa shape index (κ2) is 10.9. The van der Waals surface area contributed by atoms with Crippen LogP contribution in [0, 0.1) is 0 Å². The summed E-state index contributed by atoms with van der Waals surface area (Å²) in [5.74, 6) is 2.44. The summed E-state index contributed by atoms with van der Waals surface area (Å²) >= 11 is 0. The van der Waals surface area contributed by atoms with E-state index < -0.39 is 6.61 Å². The third-order valence-electron chi connectivity index (χ3n) is 5.04. The lowest BCUT2D eigenvalue weighted by Gasteiger charge is -2.35. The number of hydrogen-bond acceptors (Lipinski definition) is 6. The molecule has 1 aromatic heterocycles. The molecular formula is C21H30F2N6O2. The van der Waals surface area contributed by atoms with Gasteiger partial charge in [-0.3, -0.25) is 4.99 Å². The van der Waals surface area contributed by atoms with Gasteiger partial charge in [0.15, 0.2) is 11.8 Å². The topological polar surface area (TPSA) is 87.8 Å². The number of aromatic nitrogens is 2. The number of alkyl halides is 2. The minimum absolute atomic E-state index is 0.164. The fourth-order valence-corrected chi connectivity index (χ4v) is 3.45. The molecule has 31 heavy (non-hydrogen) atoms. The van der Waals surface area contributed by atoms with E-state index in [1.165, 1.54) is 0 Å². The van der Waals surface area contributed by atoms with Crippen molar-refractivity contribution in [3.8, 4) is 5.75 Å². The van der Waals surface area contributed by atoms with Crippen molar-refractivity contribution in [1.82, 2.24) is 20.8 Å². The van der Waals surface area contributed by atoms with Crippen LogP contribution in [0.5, 0.6) is 5.75 Å². The average Bonchev–Trinajstić information content (AvgIpc) is 3.23. The molecule has 0 bridgehead atoms. The number of guanidine groups is 1. The summed E-state index contributed by atoms with van der Waals surface area (Å²) in [5.41, 5.74) is 0.980. The number of hydrogen-bond donors (Lipinski definition) is 2. The van der Waals surface area contributed by atoms with E-state index in [0.717, 1.165) is 37.6 Å². The van der Waals surface area contributed by atoms with Crippen molar-refractivity contribution in [3.05, 3.63) is 36.0 Å². The molecule has 1 fully saturated rings. The molecule has 2 heterocycles. The minimum atomic E-state index is -2.81. The van der Waals surface area contributed by atoms with Crippen LogP contribution in [0.25, 0.3) is 0 Å². The number of rotatable bonds is 8. The van der Waals surface area contributed by atoms with Gasteiger partial charge in [-0.15, -0.1) is 0 Å². The summed E-state index contributed by atoms with van der Waals surface area (Å²) in [5, 5.41) is 10.7. The van der Waals surface area contributed by atoms with Gasteiger partial charge in [-0.1, -0.05) is 19.0 Å². The third kappa shape index (κ3) is 6.80. The van der Waals surface area contributed by atoms with Crippen molar-refractivity contribution < 1.29 is 18.0 Å². The SMILES string of the molecule is CN=C(NCCc1nc(C(C)C)no1)NC1CCCN(c2ccc(OC(F)F)cc2)C1. The van der Waals surface area contributed by atoms with Crippen LogP contribution in [0.4, 0.5) is 14.5 Å². The van der Waals surface area contributed by atoms with Crippen LogP contribution in [0.15, 0.2) is 33.8 Å². The van der Waals surface area contributed by atoms with Crippen molar-refractivity contribution >= 4 is 11.6 Å². The van der Waals surface area contributed by atoms with Gasteiger partial charge in [0.05, 0.1) is 0 Å². The number of benzene rings is 1. The van der Waals surface area contributed by atoms with E-state index in [1.54, 1.807) is 19.2 Å². The maximum atomic E-state index is 12.3. The molecule has 2 N–H and O–H groups in total. The second-order valence-corrected chi connectivity index (χ2v) is 7.75. The molecule has 0 aliphatic carbocycles. The molecule has 1 atom stereocenters. The zero-order valence-corrected chi connectivity index (χ0v) is 18.1. The summed E-state index contributed by atoms with van der Waals surface area (Å²) in [6.45, 7) is 3.56. The molecule has 1 aromatic carbocycles. The quantitative estimate of drug-likeness (QED) is 0.485. The van der Waals surface area contributed by atoms with Crippen molar-refractivity contribution in [2.45, 2.75) is 51.7 Å². The predicted molar refractivity (Wildman–Crippen MR) is 115 cm³/mol. The summed E-state index contributed by atoms with van der Waals surface area (Å²) < 4.78 is 34.3. The molecule has 0 radical (unpaired) electrons. The van der Waals surface area contributed by atoms with E-state index in [2.05, 4.69) is 35.4 Å². The Morgan fingerprint density at radius 3 is 2.74 bits per heavy atom. The molecule has 8 nitrogen and oxygen atoms in total. The standard InChI is InChI=1S/C21H30F2N6O2/c1-14(2)19-27-18(31-28-19)10-11-25-21(24-3)26-15-5-4-12-29(13-15)16-6-8-17(9-7-16)30-20(22)23/h6-9,14-15,20H,4-5,10-13H2,1-3H3,(H2,24,25,26). The molecule has 1 saturated heterocycles. The maximum Gasteiger partial charge on any atom is 0.387 e. The molecule has 2 aromatic rings. The highest BCUT2D eigenvalue weighted by atomic mass is 19.3. The first kappa shape index (κ1) is 22.8. The Balaban J connectivity index is 1.47. The van der Waals surface area contributed by atoms with Crippen molar-refractivity contribution in [2.24, 2.45) is 4.99 Å². The first-order valence-electron chi connectivity index (χ1n) is 10.5. The Bertz CT molecular complexity index is 841. The van der Waals surface area contributed by atoms with Gasteiger partial charge in [-0.2, -0.15) is 13.8 Å². The number of piperidine rings is 1. The molecule has 3 rings (SSSR count). The zero-order chi connectivity index (χ0) is 22.2. The second-order valence-electron chi connectivity index (χ2n) is 7.75. The zero-order valence-electron chi connectivity index (χ0n) is 18.1.